The number of hydrogen-bond donors (Lipinski definition) is 1. The Bertz CT molecular complexity index is 479. The van der Waals surface area contributed by atoms with E-state index in [1.165, 1.54) is 19.3 Å². The number of ether oxygens (including phenoxy) is 1. The second-order valence-corrected chi connectivity index (χ2v) is 5.72. The molecule has 20 heavy (non-hydrogen) atoms. The number of rotatable bonds is 4. The average molecular weight is 297 g/mol. The topological polar surface area (TPSA) is 55.6 Å². The lowest BCUT2D eigenvalue weighted by Gasteiger charge is -2.32. The second kappa shape index (κ2) is 6.95. The molecule has 0 spiro atoms. The van der Waals surface area contributed by atoms with Crippen molar-refractivity contribution >= 4 is 23.3 Å². The maximum Gasteiger partial charge on any atom is 0.340 e. The third-order valence-corrected chi connectivity index (χ3v) is 4.08. The Hall–Kier alpha value is -1.26. The van der Waals surface area contributed by atoms with Crippen LogP contribution in [0.15, 0.2) is 18.2 Å². The zero-order chi connectivity index (χ0) is 14.5. The molecule has 2 N–H and O–H groups in total. The number of hydrogen-bond acceptors (Lipinski definition) is 4. The number of esters is 1. The first kappa shape index (κ1) is 15.1. The van der Waals surface area contributed by atoms with Gasteiger partial charge in [0.15, 0.2) is 0 Å². The summed E-state index contributed by atoms with van der Waals surface area (Å²) in [6.45, 7) is 1.54. The molecule has 5 heteroatoms. The van der Waals surface area contributed by atoms with Crippen molar-refractivity contribution in [2.75, 3.05) is 25.9 Å². The molecule has 4 nitrogen and oxygen atoms in total. The summed E-state index contributed by atoms with van der Waals surface area (Å²) in [5, 5.41) is 0.484. The van der Waals surface area contributed by atoms with Crippen LogP contribution in [-0.4, -0.2) is 37.1 Å². The zero-order valence-corrected chi connectivity index (χ0v) is 12.5. The van der Waals surface area contributed by atoms with Gasteiger partial charge in [0.05, 0.1) is 12.2 Å². The van der Waals surface area contributed by atoms with Gasteiger partial charge in [-0.15, -0.1) is 0 Å². The highest BCUT2D eigenvalue weighted by Crippen LogP contribution is 2.20. The maximum absolute atomic E-state index is 12.0. The molecule has 1 fully saturated rings. The summed E-state index contributed by atoms with van der Waals surface area (Å²) >= 11 is 5.87. The molecule has 1 saturated heterocycles. The third-order valence-electron chi connectivity index (χ3n) is 3.84. The van der Waals surface area contributed by atoms with Crippen molar-refractivity contribution in [3.63, 3.8) is 0 Å². The fourth-order valence-electron chi connectivity index (χ4n) is 2.58. The van der Waals surface area contributed by atoms with Gasteiger partial charge in [0.2, 0.25) is 0 Å². The van der Waals surface area contributed by atoms with Crippen molar-refractivity contribution in [3.05, 3.63) is 28.8 Å². The van der Waals surface area contributed by atoms with Crippen LogP contribution in [0, 0.1) is 0 Å². The number of nitrogens with zero attached hydrogens (tertiary/aromatic N) is 1. The summed E-state index contributed by atoms with van der Waals surface area (Å²) in [4.78, 5) is 14.3. The van der Waals surface area contributed by atoms with E-state index in [1.807, 2.05) is 0 Å². The van der Waals surface area contributed by atoms with E-state index in [0.717, 1.165) is 13.0 Å². The van der Waals surface area contributed by atoms with Gasteiger partial charge in [0.1, 0.15) is 0 Å². The molecular formula is C15H21ClN2O2. The summed E-state index contributed by atoms with van der Waals surface area (Å²) in [5.41, 5.74) is 6.50. The molecule has 0 bridgehead atoms. The lowest BCUT2D eigenvalue weighted by atomic mass is 10.0. The third kappa shape index (κ3) is 3.87. The number of halogens is 1. The van der Waals surface area contributed by atoms with E-state index >= 15 is 0 Å². The van der Waals surface area contributed by atoms with Crippen LogP contribution in [0.5, 0.6) is 0 Å². The number of piperidine rings is 1. The van der Waals surface area contributed by atoms with Crippen molar-refractivity contribution in [3.8, 4) is 0 Å². The maximum atomic E-state index is 12.0. The minimum Gasteiger partial charge on any atom is -0.462 e. The zero-order valence-electron chi connectivity index (χ0n) is 11.8. The molecule has 1 aromatic rings. The standard InChI is InChI=1S/C15H21ClN2O2/c1-18-8-3-2-4-12(18)7-9-20-15(19)13-10-11(16)5-6-14(13)17/h5-6,10,12H,2-4,7-9,17H2,1H3. The Labute approximate surface area is 124 Å². The van der Waals surface area contributed by atoms with Gasteiger partial charge >= 0.3 is 5.97 Å². The highest BCUT2D eigenvalue weighted by molar-refractivity contribution is 6.31. The fraction of sp³-hybridized carbons (Fsp3) is 0.533. The Morgan fingerprint density at radius 1 is 1.50 bits per heavy atom. The molecule has 1 aliphatic heterocycles. The average Bonchev–Trinajstić information content (AvgIpc) is 2.43. The number of anilines is 1. The first-order chi connectivity index (χ1) is 9.58. The Morgan fingerprint density at radius 2 is 2.30 bits per heavy atom. The monoisotopic (exact) mass is 296 g/mol. The smallest absolute Gasteiger partial charge is 0.340 e. The van der Waals surface area contributed by atoms with Crippen LogP contribution in [0.3, 0.4) is 0 Å². The molecule has 0 saturated carbocycles. The summed E-state index contributed by atoms with van der Waals surface area (Å²) in [7, 11) is 2.13. The summed E-state index contributed by atoms with van der Waals surface area (Å²) in [6, 6.07) is 5.33. The second-order valence-electron chi connectivity index (χ2n) is 5.29. The number of carbonyl (C=O) groups is 1. The van der Waals surface area contributed by atoms with Gasteiger partial charge in [-0.2, -0.15) is 0 Å². The normalized spacial score (nSPS) is 19.8. The molecule has 0 aliphatic carbocycles. The van der Waals surface area contributed by atoms with Crippen molar-refractivity contribution in [2.45, 2.75) is 31.7 Å². The summed E-state index contributed by atoms with van der Waals surface area (Å²) in [6.07, 6.45) is 4.55. The molecule has 1 aliphatic rings. The molecular weight excluding hydrogens is 276 g/mol. The molecule has 1 aromatic carbocycles. The molecule has 0 aromatic heterocycles. The van der Waals surface area contributed by atoms with Crippen molar-refractivity contribution in [1.29, 1.82) is 0 Å². The highest BCUT2D eigenvalue weighted by Gasteiger charge is 2.19. The fourth-order valence-corrected chi connectivity index (χ4v) is 2.75. The van der Waals surface area contributed by atoms with Gasteiger partial charge in [-0.3, -0.25) is 0 Å². The van der Waals surface area contributed by atoms with E-state index < -0.39 is 5.97 Å². The van der Waals surface area contributed by atoms with Gasteiger partial charge in [0.25, 0.3) is 0 Å². The molecule has 0 amide bonds. The van der Waals surface area contributed by atoms with Crippen molar-refractivity contribution in [1.82, 2.24) is 4.90 Å². The van der Waals surface area contributed by atoms with E-state index in [-0.39, 0.29) is 0 Å². The van der Waals surface area contributed by atoms with Gasteiger partial charge < -0.3 is 15.4 Å². The first-order valence-corrected chi connectivity index (χ1v) is 7.38. The SMILES string of the molecule is CN1CCCCC1CCOC(=O)c1cc(Cl)ccc1N. The molecule has 1 atom stereocenters. The minimum absolute atomic E-state index is 0.342. The first-order valence-electron chi connectivity index (χ1n) is 7.00. The van der Waals surface area contributed by atoms with Crippen molar-refractivity contribution in [2.24, 2.45) is 0 Å². The minimum atomic E-state index is -0.400. The number of likely N-dealkylation sites (tertiary alicyclic amines) is 1. The predicted octanol–water partition coefficient (Wildman–Crippen LogP) is 2.95. The van der Waals surface area contributed by atoms with Gasteiger partial charge in [-0.05, 0) is 51.1 Å². The predicted molar refractivity (Wildman–Crippen MR) is 81.0 cm³/mol. The number of benzene rings is 1. The summed E-state index contributed by atoms with van der Waals surface area (Å²) < 4.78 is 5.31. The number of nitrogens with two attached hydrogens (primary N) is 1. The van der Waals surface area contributed by atoms with E-state index in [2.05, 4.69) is 11.9 Å². The van der Waals surface area contributed by atoms with E-state index in [1.54, 1.807) is 18.2 Å². The van der Waals surface area contributed by atoms with Crippen LogP contribution >= 0.6 is 11.6 Å². The van der Waals surface area contributed by atoms with Crippen LogP contribution in [0.1, 0.15) is 36.0 Å². The number of carbonyl (C=O) groups excluding carboxylic acids is 1. The van der Waals surface area contributed by atoms with Crippen LogP contribution < -0.4 is 5.73 Å². The van der Waals surface area contributed by atoms with Crippen molar-refractivity contribution < 1.29 is 9.53 Å². The van der Waals surface area contributed by atoms with E-state index in [4.69, 9.17) is 22.1 Å². The summed E-state index contributed by atoms with van der Waals surface area (Å²) in [5.74, 6) is -0.400. The number of nitrogen functional groups attached to an aromatic ring is 1. The Balaban J connectivity index is 1.84. The van der Waals surface area contributed by atoms with Crippen LogP contribution in [0.2, 0.25) is 5.02 Å². The van der Waals surface area contributed by atoms with Crippen LogP contribution in [-0.2, 0) is 4.74 Å². The molecule has 1 heterocycles. The molecule has 1 unspecified atom stereocenters. The lowest BCUT2D eigenvalue weighted by molar-refractivity contribution is 0.0451. The quantitative estimate of drug-likeness (QED) is 0.685. The Kier molecular flexibility index (Phi) is 5.26. The molecule has 0 radical (unpaired) electrons. The van der Waals surface area contributed by atoms with Gasteiger partial charge in [-0.25, -0.2) is 4.79 Å². The van der Waals surface area contributed by atoms with Crippen LogP contribution in [0.4, 0.5) is 5.69 Å². The largest absolute Gasteiger partial charge is 0.462 e. The highest BCUT2D eigenvalue weighted by atomic mass is 35.5. The van der Waals surface area contributed by atoms with Gasteiger partial charge in [0, 0.05) is 16.8 Å². The molecule has 110 valence electrons. The van der Waals surface area contributed by atoms with Crippen LogP contribution in [0.25, 0.3) is 0 Å². The molecule has 2 rings (SSSR count). The Morgan fingerprint density at radius 3 is 3.05 bits per heavy atom. The van der Waals surface area contributed by atoms with E-state index in [9.17, 15) is 4.79 Å². The lowest BCUT2D eigenvalue weighted by Crippen LogP contribution is -2.37. The van der Waals surface area contributed by atoms with Gasteiger partial charge in [-0.1, -0.05) is 18.0 Å². The van der Waals surface area contributed by atoms with E-state index in [0.29, 0.717) is 28.9 Å².